The first kappa shape index (κ1) is 18.9. The van der Waals surface area contributed by atoms with E-state index in [0.29, 0.717) is 11.1 Å². The predicted octanol–water partition coefficient (Wildman–Crippen LogP) is 4.36. The van der Waals surface area contributed by atoms with Gasteiger partial charge >= 0.3 is 0 Å². The van der Waals surface area contributed by atoms with Crippen molar-refractivity contribution in [1.82, 2.24) is 0 Å². The van der Waals surface area contributed by atoms with Crippen molar-refractivity contribution in [1.29, 1.82) is 0 Å². The van der Waals surface area contributed by atoms with Gasteiger partial charge < -0.3 is 5.32 Å². The predicted molar refractivity (Wildman–Crippen MR) is 108 cm³/mol. The summed E-state index contributed by atoms with van der Waals surface area (Å²) in [6.45, 7) is 1.93. The van der Waals surface area contributed by atoms with Crippen molar-refractivity contribution in [2.75, 3.05) is 5.32 Å². The molecule has 0 aliphatic carbocycles. The van der Waals surface area contributed by atoms with Crippen LogP contribution in [0.15, 0.2) is 78.9 Å². The Labute approximate surface area is 159 Å². The molecule has 0 bridgehead atoms. The van der Waals surface area contributed by atoms with Gasteiger partial charge in [0.15, 0.2) is 9.84 Å². The van der Waals surface area contributed by atoms with Crippen LogP contribution in [-0.4, -0.2) is 14.3 Å². The molecule has 1 amide bonds. The van der Waals surface area contributed by atoms with E-state index in [9.17, 15) is 13.2 Å². The van der Waals surface area contributed by atoms with E-state index in [0.717, 1.165) is 16.8 Å². The molecule has 0 unspecified atom stereocenters. The van der Waals surface area contributed by atoms with Crippen LogP contribution in [0.2, 0.25) is 0 Å². The minimum Gasteiger partial charge on any atom is -0.322 e. The molecule has 3 aromatic carbocycles. The van der Waals surface area contributed by atoms with Gasteiger partial charge in [0, 0.05) is 11.3 Å². The van der Waals surface area contributed by atoms with Crippen LogP contribution in [-0.2, 0) is 21.3 Å². The van der Waals surface area contributed by atoms with Gasteiger partial charge in [0.25, 0.3) is 5.91 Å². The lowest BCUT2D eigenvalue weighted by atomic mass is 10.1. The second kappa shape index (κ2) is 8.18. The van der Waals surface area contributed by atoms with Gasteiger partial charge in [-0.1, -0.05) is 60.7 Å². The highest BCUT2D eigenvalue weighted by molar-refractivity contribution is 7.89. The fourth-order valence-electron chi connectivity index (χ4n) is 2.79. The maximum Gasteiger partial charge on any atom is 0.255 e. The maximum atomic E-state index is 12.4. The second-order valence-electron chi connectivity index (χ2n) is 6.48. The highest BCUT2D eigenvalue weighted by Crippen LogP contribution is 2.16. The van der Waals surface area contributed by atoms with Crippen LogP contribution in [0.3, 0.4) is 0 Å². The molecule has 0 heterocycles. The molecule has 0 spiro atoms. The molecule has 0 radical (unpaired) electrons. The van der Waals surface area contributed by atoms with E-state index in [2.05, 4.69) is 5.32 Å². The van der Waals surface area contributed by atoms with Crippen LogP contribution in [0.1, 0.15) is 27.0 Å². The van der Waals surface area contributed by atoms with Gasteiger partial charge in [-0.3, -0.25) is 4.79 Å². The van der Waals surface area contributed by atoms with E-state index in [1.54, 1.807) is 36.4 Å². The molecule has 0 atom stereocenters. The molecule has 3 aromatic rings. The first-order valence-electron chi connectivity index (χ1n) is 8.63. The summed E-state index contributed by atoms with van der Waals surface area (Å²) in [6, 6.07) is 23.4. The Morgan fingerprint density at radius 1 is 0.778 bits per heavy atom. The minimum absolute atomic E-state index is 0.00333. The molecule has 3 rings (SSSR count). The highest BCUT2D eigenvalue weighted by atomic mass is 32.2. The average Bonchev–Trinajstić information content (AvgIpc) is 2.64. The van der Waals surface area contributed by atoms with Gasteiger partial charge in [-0.25, -0.2) is 8.42 Å². The van der Waals surface area contributed by atoms with Gasteiger partial charge in [-0.2, -0.15) is 0 Å². The number of benzene rings is 3. The molecule has 0 saturated heterocycles. The van der Waals surface area contributed by atoms with Crippen molar-refractivity contribution in [3.05, 3.63) is 101 Å². The number of aryl methyl sites for hydroxylation is 1. The van der Waals surface area contributed by atoms with Crippen LogP contribution in [0, 0.1) is 6.92 Å². The second-order valence-corrected chi connectivity index (χ2v) is 8.55. The number of rotatable bonds is 6. The molecular weight excluding hydrogens is 358 g/mol. The number of nitrogens with one attached hydrogen (secondary N) is 1. The Bertz CT molecular complexity index is 1030. The number of carbonyl (C=O) groups is 1. The number of carbonyl (C=O) groups excluding carboxylic acids is 1. The van der Waals surface area contributed by atoms with E-state index < -0.39 is 9.84 Å². The van der Waals surface area contributed by atoms with Crippen molar-refractivity contribution in [3.8, 4) is 0 Å². The molecule has 4 nitrogen and oxygen atoms in total. The lowest BCUT2D eigenvalue weighted by Crippen LogP contribution is -2.13. The third-order valence-electron chi connectivity index (χ3n) is 4.23. The fraction of sp³-hybridized carbons (Fsp3) is 0.136. The topological polar surface area (TPSA) is 63.2 Å². The van der Waals surface area contributed by atoms with E-state index in [1.807, 2.05) is 49.4 Å². The van der Waals surface area contributed by atoms with Crippen molar-refractivity contribution >= 4 is 21.4 Å². The summed E-state index contributed by atoms with van der Waals surface area (Å²) in [5.41, 5.74) is 3.67. The smallest absolute Gasteiger partial charge is 0.255 e. The lowest BCUT2D eigenvalue weighted by Gasteiger charge is -2.09. The first-order valence-corrected chi connectivity index (χ1v) is 10.5. The molecule has 0 fully saturated rings. The number of hydrogen-bond donors (Lipinski definition) is 1. The Kier molecular flexibility index (Phi) is 5.72. The summed E-state index contributed by atoms with van der Waals surface area (Å²) in [5.74, 6) is -0.270. The van der Waals surface area contributed by atoms with Gasteiger partial charge in [-0.15, -0.1) is 0 Å². The first-order chi connectivity index (χ1) is 12.9. The van der Waals surface area contributed by atoms with Crippen LogP contribution >= 0.6 is 0 Å². The fourth-order valence-corrected chi connectivity index (χ4v) is 4.30. The van der Waals surface area contributed by atoms with Crippen LogP contribution < -0.4 is 5.32 Å². The van der Waals surface area contributed by atoms with Crippen LogP contribution in [0.25, 0.3) is 0 Å². The Hall–Kier alpha value is -2.92. The van der Waals surface area contributed by atoms with E-state index >= 15 is 0 Å². The molecular formula is C22H21NO3S. The van der Waals surface area contributed by atoms with Gasteiger partial charge in [0.1, 0.15) is 0 Å². The Morgan fingerprint density at radius 2 is 1.33 bits per heavy atom. The molecule has 0 saturated carbocycles. The third-order valence-corrected chi connectivity index (χ3v) is 5.77. The summed E-state index contributed by atoms with van der Waals surface area (Å²) in [4.78, 5) is 12.4. The zero-order valence-corrected chi connectivity index (χ0v) is 15.9. The van der Waals surface area contributed by atoms with Crippen molar-refractivity contribution in [2.45, 2.75) is 18.4 Å². The van der Waals surface area contributed by atoms with Gasteiger partial charge in [0.05, 0.1) is 11.5 Å². The number of amides is 1. The number of para-hydroxylation sites is 1. The Morgan fingerprint density at radius 3 is 1.96 bits per heavy atom. The zero-order chi connectivity index (χ0) is 19.3. The number of sulfone groups is 1. The molecule has 0 aliphatic rings. The molecule has 5 heteroatoms. The van der Waals surface area contributed by atoms with E-state index in [-0.39, 0.29) is 17.4 Å². The highest BCUT2D eigenvalue weighted by Gasteiger charge is 2.14. The molecule has 138 valence electrons. The van der Waals surface area contributed by atoms with Gasteiger partial charge in [0.2, 0.25) is 0 Å². The quantitative estimate of drug-likeness (QED) is 0.692. The van der Waals surface area contributed by atoms with Crippen LogP contribution in [0.4, 0.5) is 5.69 Å². The Balaban J connectivity index is 1.66. The summed E-state index contributed by atoms with van der Waals surface area (Å²) in [7, 11) is -3.28. The average molecular weight is 379 g/mol. The molecule has 1 N–H and O–H groups in total. The normalized spacial score (nSPS) is 11.1. The van der Waals surface area contributed by atoms with E-state index in [1.165, 1.54) is 0 Å². The monoisotopic (exact) mass is 379 g/mol. The number of hydrogen-bond acceptors (Lipinski definition) is 3. The maximum absolute atomic E-state index is 12.4. The van der Waals surface area contributed by atoms with Crippen molar-refractivity contribution < 1.29 is 13.2 Å². The largest absolute Gasteiger partial charge is 0.322 e. The number of anilines is 1. The third kappa shape index (κ3) is 5.28. The zero-order valence-electron chi connectivity index (χ0n) is 15.1. The summed E-state index contributed by atoms with van der Waals surface area (Å²) in [5, 5.41) is 2.87. The van der Waals surface area contributed by atoms with Crippen molar-refractivity contribution in [2.24, 2.45) is 0 Å². The standard InChI is InChI=1S/C22H21NO3S/c1-17-7-5-6-10-21(17)23-22(24)20-13-11-19(12-14-20)16-27(25,26)15-18-8-3-2-4-9-18/h2-14H,15-16H2,1H3,(H,23,24). The minimum atomic E-state index is -3.28. The van der Waals surface area contributed by atoms with E-state index in [4.69, 9.17) is 0 Å². The molecule has 0 aromatic heterocycles. The molecule has 27 heavy (non-hydrogen) atoms. The van der Waals surface area contributed by atoms with Crippen molar-refractivity contribution in [3.63, 3.8) is 0 Å². The van der Waals surface area contributed by atoms with Crippen LogP contribution in [0.5, 0.6) is 0 Å². The SMILES string of the molecule is Cc1ccccc1NC(=O)c1ccc(CS(=O)(=O)Cc2ccccc2)cc1. The lowest BCUT2D eigenvalue weighted by molar-refractivity contribution is 0.102. The summed E-state index contributed by atoms with van der Waals surface area (Å²) < 4.78 is 24.8. The summed E-state index contributed by atoms with van der Waals surface area (Å²) >= 11 is 0. The van der Waals surface area contributed by atoms with Gasteiger partial charge in [-0.05, 0) is 41.8 Å². The molecule has 0 aliphatic heterocycles. The summed E-state index contributed by atoms with van der Waals surface area (Å²) in [6.07, 6.45) is 0.